The summed E-state index contributed by atoms with van der Waals surface area (Å²) < 4.78 is 10.7. The summed E-state index contributed by atoms with van der Waals surface area (Å²) in [5, 5.41) is 0. The molecule has 1 saturated heterocycles. The summed E-state index contributed by atoms with van der Waals surface area (Å²) in [5.74, 6) is 4.97. The van der Waals surface area contributed by atoms with Crippen LogP contribution in [0.25, 0.3) is 0 Å². The van der Waals surface area contributed by atoms with Crippen LogP contribution in [0.15, 0.2) is 16.7 Å². The van der Waals surface area contributed by atoms with Crippen molar-refractivity contribution in [2.75, 3.05) is 20.2 Å². The SMILES string of the molecule is CN(Cc1ccoc1C(=O)NN)CC1CCCO1. The summed E-state index contributed by atoms with van der Waals surface area (Å²) in [7, 11) is 2.00. The molecule has 1 atom stereocenters. The van der Waals surface area contributed by atoms with Crippen molar-refractivity contribution in [3.05, 3.63) is 23.7 Å². The first-order valence-electron chi connectivity index (χ1n) is 6.08. The third-order valence-electron chi connectivity index (χ3n) is 3.06. The number of furan rings is 1. The number of carbonyl (C=O) groups is 1. The van der Waals surface area contributed by atoms with Gasteiger partial charge < -0.3 is 9.15 Å². The number of likely N-dealkylation sites (N-methyl/N-ethyl adjacent to an activating group) is 1. The number of rotatable bonds is 5. The summed E-state index contributed by atoms with van der Waals surface area (Å²) in [6.45, 7) is 2.35. The molecule has 0 saturated carbocycles. The van der Waals surface area contributed by atoms with E-state index < -0.39 is 5.91 Å². The van der Waals surface area contributed by atoms with Gasteiger partial charge in [0.25, 0.3) is 0 Å². The van der Waals surface area contributed by atoms with Crippen molar-refractivity contribution in [2.24, 2.45) is 5.84 Å². The van der Waals surface area contributed by atoms with Crippen LogP contribution in [0.5, 0.6) is 0 Å². The average Bonchev–Trinajstić information content (AvgIpc) is 2.99. The molecular weight excluding hydrogens is 234 g/mol. The Morgan fingerprint density at radius 3 is 3.17 bits per heavy atom. The third-order valence-corrected chi connectivity index (χ3v) is 3.06. The van der Waals surface area contributed by atoms with E-state index in [0.717, 1.165) is 31.6 Å². The molecule has 6 heteroatoms. The van der Waals surface area contributed by atoms with Crippen LogP contribution in [-0.4, -0.2) is 37.1 Å². The largest absolute Gasteiger partial charge is 0.459 e. The minimum Gasteiger partial charge on any atom is -0.459 e. The van der Waals surface area contributed by atoms with E-state index in [0.29, 0.717) is 12.6 Å². The highest BCUT2D eigenvalue weighted by Crippen LogP contribution is 2.16. The molecule has 0 bridgehead atoms. The fourth-order valence-electron chi connectivity index (χ4n) is 2.22. The highest BCUT2D eigenvalue weighted by Gasteiger charge is 2.20. The maximum absolute atomic E-state index is 11.4. The molecule has 3 N–H and O–H groups in total. The van der Waals surface area contributed by atoms with Gasteiger partial charge in [0.05, 0.1) is 12.4 Å². The highest BCUT2D eigenvalue weighted by molar-refractivity contribution is 5.92. The van der Waals surface area contributed by atoms with Crippen molar-refractivity contribution in [2.45, 2.75) is 25.5 Å². The zero-order valence-corrected chi connectivity index (χ0v) is 10.5. The van der Waals surface area contributed by atoms with Gasteiger partial charge >= 0.3 is 5.91 Å². The third kappa shape index (κ3) is 3.10. The van der Waals surface area contributed by atoms with Crippen molar-refractivity contribution in [1.29, 1.82) is 0 Å². The number of nitrogens with one attached hydrogen (secondary N) is 1. The first kappa shape index (κ1) is 13.1. The van der Waals surface area contributed by atoms with Crippen LogP contribution >= 0.6 is 0 Å². The zero-order valence-electron chi connectivity index (χ0n) is 10.5. The predicted molar refractivity (Wildman–Crippen MR) is 65.7 cm³/mol. The molecule has 1 aromatic rings. The van der Waals surface area contributed by atoms with Crippen LogP contribution < -0.4 is 11.3 Å². The van der Waals surface area contributed by atoms with Gasteiger partial charge in [-0.15, -0.1) is 0 Å². The number of hydrazine groups is 1. The van der Waals surface area contributed by atoms with Crippen molar-refractivity contribution in [1.82, 2.24) is 10.3 Å². The standard InChI is InChI=1S/C12H19N3O3/c1-15(8-10-3-2-5-17-10)7-9-4-6-18-11(9)12(16)14-13/h4,6,10H,2-3,5,7-8,13H2,1H3,(H,14,16). The maximum Gasteiger partial charge on any atom is 0.301 e. The number of ether oxygens (including phenoxy) is 1. The van der Waals surface area contributed by atoms with Gasteiger partial charge in [0.1, 0.15) is 0 Å². The Morgan fingerprint density at radius 2 is 2.50 bits per heavy atom. The van der Waals surface area contributed by atoms with Gasteiger partial charge in [-0.25, -0.2) is 5.84 Å². The molecule has 0 aliphatic carbocycles. The van der Waals surface area contributed by atoms with Crippen molar-refractivity contribution in [3.63, 3.8) is 0 Å². The molecule has 0 aromatic carbocycles. The Labute approximate surface area is 106 Å². The van der Waals surface area contributed by atoms with E-state index in [1.165, 1.54) is 6.26 Å². The summed E-state index contributed by atoms with van der Waals surface area (Å²) in [5.41, 5.74) is 2.91. The van der Waals surface area contributed by atoms with Crippen molar-refractivity contribution < 1.29 is 13.9 Å². The van der Waals surface area contributed by atoms with Crippen molar-refractivity contribution in [3.8, 4) is 0 Å². The maximum atomic E-state index is 11.4. The second-order valence-corrected chi connectivity index (χ2v) is 4.58. The molecule has 100 valence electrons. The first-order chi connectivity index (χ1) is 8.70. The number of nitrogens with zero attached hydrogens (tertiary/aromatic N) is 1. The number of hydrogen-bond donors (Lipinski definition) is 2. The number of carbonyl (C=O) groups excluding carboxylic acids is 1. The Kier molecular flexibility index (Phi) is 4.35. The highest BCUT2D eigenvalue weighted by atomic mass is 16.5. The molecule has 18 heavy (non-hydrogen) atoms. The van der Waals surface area contributed by atoms with Gasteiger partial charge in [-0.3, -0.25) is 15.1 Å². The lowest BCUT2D eigenvalue weighted by atomic mass is 10.2. The van der Waals surface area contributed by atoms with E-state index in [4.69, 9.17) is 15.0 Å². The van der Waals surface area contributed by atoms with Gasteiger partial charge in [-0.2, -0.15) is 0 Å². The Hall–Kier alpha value is -1.37. The van der Waals surface area contributed by atoms with Crippen LogP contribution in [-0.2, 0) is 11.3 Å². The van der Waals surface area contributed by atoms with Gasteiger partial charge in [0.2, 0.25) is 0 Å². The molecule has 1 amide bonds. The van der Waals surface area contributed by atoms with Gasteiger partial charge in [0.15, 0.2) is 5.76 Å². The molecule has 0 radical (unpaired) electrons. The monoisotopic (exact) mass is 253 g/mol. The van der Waals surface area contributed by atoms with E-state index in [1.807, 2.05) is 7.05 Å². The number of nitrogens with two attached hydrogens (primary N) is 1. The molecule has 1 aliphatic heterocycles. The van der Waals surface area contributed by atoms with E-state index in [2.05, 4.69) is 10.3 Å². The molecule has 6 nitrogen and oxygen atoms in total. The second kappa shape index (κ2) is 5.99. The lowest BCUT2D eigenvalue weighted by molar-refractivity contribution is 0.0789. The van der Waals surface area contributed by atoms with Crippen molar-refractivity contribution >= 4 is 5.91 Å². The zero-order chi connectivity index (χ0) is 13.0. The summed E-state index contributed by atoms with van der Waals surface area (Å²) in [6.07, 6.45) is 4.03. The number of amides is 1. The predicted octanol–water partition coefficient (Wildman–Crippen LogP) is 0.494. The molecule has 1 aromatic heterocycles. The Balaban J connectivity index is 1.91. The van der Waals surface area contributed by atoms with Crippen LogP contribution in [0.3, 0.4) is 0 Å². The molecule has 1 fully saturated rings. The first-order valence-corrected chi connectivity index (χ1v) is 6.08. The Bertz CT molecular complexity index is 399. The summed E-state index contributed by atoms with van der Waals surface area (Å²) >= 11 is 0. The number of hydrogen-bond acceptors (Lipinski definition) is 5. The summed E-state index contributed by atoms with van der Waals surface area (Å²) in [6, 6.07) is 1.79. The normalized spacial score (nSPS) is 19.4. The quantitative estimate of drug-likeness (QED) is 0.453. The number of nitrogen functional groups attached to an aromatic ring is 1. The molecular formula is C12H19N3O3. The summed E-state index contributed by atoms with van der Waals surface area (Å²) in [4.78, 5) is 13.6. The topological polar surface area (TPSA) is 80.7 Å². The average molecular weight is 253 g/mol. The van der Waals surface area contributed by atoms with E-state index in [9.17, 15) is 4.79 Å². The van der Waals surface area contributed by atoms with Gasteiger partial charge in [-0.1, -0.05) is 0 Å². The van der Waals surface area contributed by atoms with Gasteiger partial charge in [0, 0.05) is 25.3 Å². The van der Waals surface area contributed by atoms with E-state index in [1.54, 1.807) is 6.07 Å². The smallest absolute Gasteiger partial charge is 0.301 e. The lowest BCUT2D eigenvalue weighted by Crippen LogP contribution is -2.32. The molecule has 2 heterocycles. The second-order valence-electron chi connectivity index (χ2n) is 4.58. The van der Waals surface area contributed by atoms with Crippen LogP contribution in [0.4, 0.5) is 0 Å². The molecule has 2 rings (SSSR count). The van der Waals surface area contributed by atoms with Crippen LogP contribution in [0.2, 0.25) is 0 Å². The minimum absolute atomic E-state index is 0.275. The fraction of sp³-hybridized carbons (Fsp3) is 0.583. The van der Waals surface area contributed by atoms with E-state index >= 15 is 0 Å². The fourth-order valence-corrected chi connectivity index (χ4v) is 2.22. The molecule has 1 aliphatic rings. The molecule has 0 spiro atoms. The minimum atomic E-state index is -0.402. The lowest BCUT2D eigenvalue weighted by Gasteiger charge is -2.20. The Morgan fingerprint density at radius 1 is 1.67 bits per heavy atom. The van der Waals surface area contributed by atoms with Gasteiger partial charge in [-0.05, 0) is 26.0 Å². The molecule has 1 unspecified atom stereocenters. The van der Waals surface area contributed by atoms with E-state index in [-0.39, 0.29) is 5.76 Å². The van der Waals surface area contributed by atoms with Crippen LogP contribution in [0, 0.1) is 0 Å². The van der Waals surface area contributed by atoms with Crippen LogP contribution in [0.1, 0.15) is 29.0 Å².